The highest BCUT2D eigenvalue weighted by atomic mass is 32.2. The van der Waals surface area contributed by atoms with Gasteiger partial charge in [0, 0.05) is 49.4 Å². The number of aryl methyl sites for hydroxylation is 2. The lowest BCUT2D eigenvalue weighted by atomic mass is 9.99. The van der Waals surface area contributed by atoms with Crippen molar-refractivity contribution in [2.45, 2.75) is 88.5 Å². The fraction of sp³-hybridized carbons (Fsp3) is 0.345. The number of aliphatic hydroxyl groups is 2. The maximum absolute atomic E-state index is 13.6. The third kappa shape index (κ3) is 17.5. The Bertz CT molecular complexity index is 3090. The number of amides is 2. The van der Waals surface area contributed by atoms with Crippen LogP contribution in [0.3, 0.4) is 0 Å². The number of ether oxygens (including phenoxy) is 2. The summed E-state index contributed by atoms with van der Waals surface area (Å²) in [6, 6.07) is 40.5. The molecule has 6 rings (SSSR count). The molecule has 0 aliphatic carbocycles. The minimum Gasteiger partial charge on any atom is -0.497 e. The van der Waals surface area contributed by atoms with Gasteiger partial charge >= 0.3 is 0 Å². The van der Waals surface area contributed by atoms with Crippen molar-refractivity contribution < 1.29 is 51.0 Å². The minimum atomic E-state index is -3.98. The quantitative estimate of drug-likeness (QED) is 0.0315. The lowest BCUT2D eigenvalue weighted by Crippen LogP contribution is -2.51. The van der Waals surface area contributed by atoms with E-state index in [-0.39, 0.29) is 71.4 Å². The summed E-state index contributed by atoms with van der Waals surface area (Å²) in [7, 11) is -4.88. The van der Waals surface area contributed by atoms with Gasteiger partial charge in [-0.2, -0.15) is 8.61 Å². The molecule has 6 aromatic rings. The highest BCUT2D eigenvalue weighted by molar-refractivity contribution is 7.89. The van der Waals surface area contributed by atoms with Crippen molar-refractivity contribution in [3.05, 3.63) is 195 Å². The zero-order valence-electron chi connectivity index (χ0n) is 44.8. The SMILES string of the molecule is COc1ccc(S(=O)(=O)N(CC(C)C)C[C@@H](O)[C@H](Cc2ccccc2)NC(=O)c2ccc([N+](=O)[O-])cc2C)cc1.COc1ccc(S(=O)(=O)N(CC(C)C)C[C@@H](O)[C@H](Cc2ccccc2)NC(=O)c2ccccc2C)cc1. The zero-order chi connectivity index (χ0) is 56.5. The lowest BCUT2D eigenvalue weighted by Gasteiger charge is -2.31. The number of hydrogen-bond acceptors (Lipinski definition) is 12. The smallest absolute Gasteiger partial charge is 0.269 e. The first-order valence-corrected chi connectivity index (χ1v) is 28.1. The number of sulfonamides is 2. The molecule has 0 aliphatic heterocycles. The van der Waals surface area contributed by atoms with E-state index in [2.05, 4.69) is 10.6 Å². The van der Waals surface area contributed by atoms with Gasteiger partial charge in [0.1, 0.15) is 11.5 Å². The number of benzene rings is 6. The molecule has 4 atom stereocenters. The molecule has 0 aromatic heterocycles. The Kier molecular flexibility index (Phi) is 22.4. The molecule has 0 bridgehead atoms. The molecule has 77 heavy (non-hydrogen) atoms. The minimum absolute atomic E-state index is 0.0226. The van der Waals surface area contributed by atoms with Crippen molar-refractivity contribution in [2.75, 3.05) is 40.4 Å². The van der Waals surface area contributed by atoms with Gasteiger partial charge in [0.2, 0.25) is 20.0 Å². The highest BCUT2D eigenvalue weighted by Gasteiger charge is 2.34. The summed E-state index contributed by atoms with van der Waals surface area (Å²) >= 11 is 0. The van der Waals surface area contributed by atoms with Crippen LogP contribution in [-0.2, 0) is 32.9 Å². The first-order valence-electron chi connectivity index (χ1n) is 25.2. The van der Waals surface area contributed by atoms with Crippen LogP contribution in [0.4, 0.5) is 5.69 Å². The average molecular weight is 1090 g/mol. The molecular weight excluding hydrogens is 1020 g/mol. The summed E-state index contributed by atoms with van der Waals surface area (Å²) in [4.78, 5) is 37.2. The molecule has 0 radical (unpaired) electrons. The molecule has 0 saturated heterocycles. The van der Waals surface area contributed by atoms with Crippen LogP contribution >= 0.6 is 0 Å². The fourth-order valence-corrected chi connectivity index (χ4v) is 11.7. The third-order valence-corrected chi connectivity index (χ3v) is 16.2. The van der Waals surface area contributed by atoms with Crippen molar-refractivity contribution in [3.8, 4) is 11.5 Å². The molecule has 0 fully saturated rings. The first-order chi connectivity index (χ1) is 36.5. The standard InChI is InChI=1S/C29H35N3O7S.C29H36N2O5S/c1-20(2)18-31(40(37,38)25-13-11-24(39-4)12-14-25)19-28(33)27(17-22-8-6-5-7-9-22)30-29(34)26-15-10-23(32(35)36)16-21(26)3;1-21(2)19-31(37(34,35)25-16-14-24(36-4)15-17-25)20-28(32)27(18-23-11-6-5-7-12-23)30-29(33)26-13-9-8-10-22(26)3/h5-16,20,27-28,33H,17-19H2,1-4H3,(H,30,34);5-17,21,27-28,32H,18-20H2,1-4H3,(H,30,33)/t2*27-,28+/m00/s1. The van der Waals surface area contributed by atoms with E-state index in [9.17, 15) is 46.8 Å². The number of carbonyl (C=O) groups excluding carboxylic acids is 2. The molecule has 0 aliphatic rings. The van der Waals surface area contributed by atoms with Gasteiger partial charge in [-0.05, 0) is 121 Å². The van der Waals surface area contributed by atoms with Gasteiger partial charge in [0.15, 0.2) is 0 Å². The second-order valence-electron chi connectivity index (χ2n) is 19.5. The maximum atomic E-state index is 13.6. The summed E-state index contributed by atoms with van der Waals surface area (Å²) in [6.45, 7) is 11.0. The molecule has 17 nitrogen and oxygen atoms in total. The zero-order valence-corrected chi connectivity index (χ0v) is 46.4. The number of carbonyl (C=O) groups is 2. The van der Waals surface area contributed by atoms with Crippen LogP contribution in [0.25, 0.3) is 0 Å². The molecular formula is C58H71N5O12S2. The molecule has 4 N–H and O–H groups in total. The van der Waals surface area contributed by atoms with E-state index in [0.29, 0.717) is 29.0 Å². The van der Waals surface area contributed by atoms with Crippen molar-refractivity contribution in [1.29, 1.82) is 0 Å². The number of hydrogen-bond donors (Lipinski definition) is 4. The Morgan fingerprint density at radius 2 is 0.922 bits per heavy atom. The van der Waals surface area contributed by atoms with Gasteiger partial charge in [-0.1, -0.05) is 107 Å². The lowest BCUT2D eigenvalue weighted by molar-refractivity contribution is -0.384. The number of non-ortho nitro benzene ring substituents is 1. The fourth-order valence-electron chi connectivity index (χ4n) is 8.46. The number of methoxy groups -OCH3 is 2. The number of nitrogens with one attached hydrogen (secondary N) is 2. The molecule has 19 heteroatoms. The monoisotopic (exact) mass is 1090 g/mol. The van der Waals surface area contributed by atoms with Crippen LogP contribution in [-0.4, -0.2) is 117 Å². The number of nitro groups is 1. The summed E-state index contributed by atoms with van der Waals surface area (Å²) in [5.41, 5.74) is 3.58. The largest absolute Gasteiger partial charge is 0.497 e. The molecule has 0 spiro atoms. The Balaban J connectivity index is 0.000000285. The van der Waals surface area contributed by atoms with Crippen LogP contribution < -0.4 is 20.1 Å². The summed E-state index contributed by atoms with van der Waals surface area (Å²) in [5.74, 6) is 0.213. The third-order valence-electron chi connectivity index (χ3n) is 12.5. The Labute approximate surface area is 453 Å². The molecule has 0 unspecified atom stereocenters. The van der Waals surface area contributed by atoms with Crippen molar-refractivity contribution in [2.24, 2.45) is 11.8 Å². The average Bonchev–Trinajstić information content (AvgIpc) is 3.40. The molecule has 6 aromatic carbocycles. The summed E-state index contributed by atoms with van der Waals surface area (Å²) in [5, 5.41) is 39.7. The molecule has 412 valence electrons. The Hall–Kier alpha value is -7.00. The Morgan fingerprint density at radius 1 is 0.545 bits per heavy atom. The highest BCUT2D eigenvalue weighted by Crippen LogP contribution is 2.25. The second-order valence-corrected chi connectivity index (χ2v) is 23.4. The Morgan fingerprint density at radius 3 is 1.27 bits per heavy atom. The normalized spacial score (nSPS) is 13.3. The first kappa shape index (κ1) is 60.9. The van der Waals surface area contributed by atoms with Gasteiger partial charge in [-0.25, -0.2) is 16.8 Å². The molecule has 0 heterocycles. The molecule has 0 saturated carbocycles. The second kappa shape index (κ2) is 28.4. The van der Waals surface area contributed by atoms with Gasteiger partial charge in [-0.15, -0.1) is 0 Å². The number of nitrogens with zero attached hydrogens (tertiary/aromatic N) is 3. The predicted octanol–water partition coefficient (Wildman–Crippen LogP) is 8.01. The van der Waals surface area contributed by atoms with Crippen LogP contribution in [0.1, 0.15) is 70.7 Å². The molecule has 2 amide bonds. The topological polar surface area (TPSA) is 235 Å². The van der Waals surface area contributed by atoms with Crippen LogP contribution in [0.15, 0.2) is 161 Å². The van der Waals surface area contributed by atoms with Crippen molar-refractivity contribution >= 4 is 37.5 Å². The number of nitro benzene ring substituents is 1. The van der Waals surface area contributed by atoms with E-state index in [4.69, 9.17) is 9.47 Å². The number of aliphatic hydroxyl groups excluding tert-OH is 2. The van der Waals surface area contributed by atoms with E-state index in [0.717, 1.165) is 16.7 Å². The van der Waals surface area contributed by atoms with Crippen LogP contribution in [0.2, 0.25) is 0 Å². The van der Waals surface area contributed by atoms with Gasteiger partial charge in [-0.3, -0.25) is 19.7 Å². The van der Waals surface area contributed by atoms with Gasteiger partial charge < -0.3 is 30.3 Å². The van der Waals surface area contributed by atoms with E-state index in [1.165, 1.54) is 65.3 Å². The van der Waals surface area contributed by atoms with Crippen molar-refractivity contribution in [1.82, 2.24) is 19.2 Å². The summed E-state index contributed by atoms with van der Waals surface area (Å²) in [6.07, 6.45) is -1.84. The van der Waals surface area contributed by atoms with Crippen LogP contribution in [0, 0.1) is 35.8 Å². The van der Waals surface area contributed by atoms with E-state index >= 15 is 0 Å². The van der Waals surface area contributed by atoms with Crippen LogP contribution in [0.5, 0.6) is 11.5 Å². The van der Waals surface area contributed by atoms with E-state index < -0.39 is 55.2 Å². The van der Waals surface area contributed by atoms with Crippen molar-refractivity contribution in [3.63, 3.8) is 0 Å². The maximum Gasteiger partial charge on any atom is 0.269 e. The van der Waals surface area contributed by atoms with Gasteiger partial charge in [0.25, 0.3) is 17.5 Å². The van der Waals surface area contributed by atoms with E-state index in [1.807, 2.05) is 107 Å². The summed E-state index contributed by atoms with van der Waals surface area (Å²) < 4.78 is 67.1. The predicted molar refractivity (Wildman–Crippen MR) is 297 cm³/mol. The van der Waals surface area contributed by atoms with Gasteiger partial charge in [0.05, 0.1) is 53.2 Å². The number of rotatable bonds is 25. The van der Waals surface area contributed by atoms with E-state index in [1.54, 1.807) is 43.3 Å².